The lowest BCUT2D eigenvalue weighted by atomic mass is 10.0. The summed E-state index contributed by atoms with van der Waals surface area (Å²) in [6, 6.07) is 2.00. The molecule has 29 heavy (non-hydrogen) atoms. The van der Waals surface area contributed by atoms with Crippen LogP contribution in [0.5, 0.6) is 0 Å². The summed E-state index contributed by atoms with van der Waals surface area (Å²) < 4.78 is 7.33. The molecule has 5 rings (SSSR count). The molecule has 0 unspecified atom stereocenters. The van der Waals surface area contributed by atoms with Gasteiger partial charge in [-0.05, 0) is 24.8 Å². The number of fused-ring (bicyclic) bond motifs is 1. The van der Waals surface area contributed by atoms with Gasteiger partial charge in [-0.2, -0.15) is 5.10 Å². The molecular weight excluding hydrogens is 386 g/mol. The van der Waals surface area contributed by atoms with E-state index in [0.29, 0.717) is 12.2 Å². The quantitative estimate of drug-likeness (QED) is 0.597. The molecule has 1 saturated carbocycles. The summed E-state index contributed by atoms with van der Waals surface area (Å²) in [5.74, 6) is 0.701. The van der Waals surface area contributed by atoms with Crippen molar-refractivity contribution >= 4 is 17.2 Å². The number of thiazole rings is 1. The highest BCUT2D eigenvalue weighted by atomic mass is 32.1. The second-order valence-electron chi connectivity index (χ2n) is 8.13. The summed E-state index contributed by atoms with van der Waals surface area (Å²) >= 11 is 1.55. The Hall–Kier alpha value is -2.45. The number of rotatable bonds is 7. The third kappa shape index (κ3) is 4.00. The molecule has 8 heteroatoms. The van der Waals surface area contributed by atoms with E-state index >= 15 is 0 Å². The topological polar surface area (TPSA) is 67.4 Å². The first-order chi connectivity index (χ1) is 14.2. The van der Waals surface area contributed by atoms with Crippen molar-refractivity contribution in [2.45, 2.75) is 45.4 Å². The highest BCUT2D eigenvalue weighted by molar-refractivity contribution is 7.07. The maximum atomic E-state index is 13.3. The number of furan rings is 1. The summed E-state index contributed by atoms with van der Waals surface area (Å²) in [7, 11) is 1.83. The Labute approximate surface area is 173 Å². The number of amides is 1. The minimum Gasteiger partial charge on any atom is -0.472 e. The zero-order chi connectivity index (χ0) is 19.8. The Kier molecular flexibility index (Phi) is 4.97. The zero-order valence-electron chi connectivity index (χ0n) is 16.6. The van der Waals surface area contributed by atoms with Gasteiger partial charge < -0.3 is 9.32 Å². The Bertz CT molecular complexity index is 975. The molecule has 1 aliphatic carbocycles. The molecule has 0 N–H and O–H groups in total. The van der Waals surface area contributed by atoms with Gasteiger partial charge in [-0.25, -0.2) is 4.98 Å². The molecule has 1 fully saturated rings. The van der Waals surface area contributed by atoms with Crippen LogP contribution in [0.1, 0.15) is 45.8 Å². The summed E-state index contributed by atoms with van der Waals surface area (Å²) in [5, 5.41) is 6.80. The van der Waals surface area contributed by atoms with Crippen molar-refractivity contribution in [3.63, 3.8) is 0 Å². The largest absolute Gasteiger partial charge is 0.472 e. The summed E-state index contributed by atoms with van der Waals surface area (Å²) in [4.78, 5) is 21.7. The number of nitrogens with zero attached hydrogens (tertiary/aromatic N) is 5. The number of carbonyl (C=O) groups excluding carboxylic acids is 1. The van der Waals surface area contributed by atoms with Crippen LogP contribution in [-0.4, -0.2) is 44.1 Å². The van der Waals surface area contributed by atoms with Gasteiger partial charge in [-0.1, -0.05) is 0 Å². The number of carbonyl (C=O) groups is 1. The lowest BCUT2D eigenvalue weighted by Gasteiger charge is -2.27. The smallest absolute Gasteiger partial charge is 0.274 e. The van der Waals surface area contributed by atoms with E-state index in [9.17, 15) is 4.79 Å². The first-order valence-corrected chi connectivity index (χ1v) is 11.1. The molecule has 1 amide bonds. The molecule has 152 valence electrons. The molecular formula is C21H25N5O2S. The van der Waals surface area contributed by atoms with Crippen molar-refractivity contribution in [2.24, 2.45) is 5.92 Å². The van der Waals surface area contributed by atoms with Crippen molar-refractivity contribution < 1.29 is 9.21 Å². The third-order valence-corrected chi connectivity index (χ3v) is 6.39. The van der Waals surface area contributed by atoms with Gasteiger partial charge >= 0.3 is 0 Å². The molecule has 0 saturated heterocycles. The van der Waals surface area contributed by atoms with Crippen molar-refractivity contribution in [3.8, 4) is 0 Å². The standard InChI is InChI=1S/C21H25N5O2S/c1-24(10-17-13-29-14-22-17)21(27)20-18-11-25(8-16-5-7-28-12-16)6-4-19(18)26(23-20)9-15-2-3-15/h5,7,12-15H,2-4,6,8-11H2,1H3. The van der Waals surface area contributed by atoms with Crippen molar-refractivity contribution in [1.82, 2.24) is 24.6 Å². The Morgan fingerprint density at radius 1 is 1.41 bits per heavy atom. The molecule has 0 bridgehead atoms. The fraction of sp³-hybridized carbons (Fsp3) is 0.476. The van der Waals surface area contributed by atoms with E-state index in [-0.39, 0.29) is 5.91 Å². The van der Waals surface area contributed by atoms with E-state index in [1.54, 1.807) is 34.3 Å². The Balaban J connectivity index is 1.40. The van der Waals surface area contributed by atoms with E-state index in [1.165, 1.54) is 18.5 Å². The molecule has 2 aliphatic rings. The monoisotopic (exact) mass is 411 g/mol. The second kappa shape index (κ2) is 7.76. The SMILES string of the molecule is CN(Cc1cscn1)C(=O)c1nn(CC2CC2)c2c1CN(Cc1ccoc1)CC2. The first kappa shape index (κ1) is 18.6. The van der Waals surface area contributed by atoms with E-state index in [2.05, 4.69) is 14.6 Å². The lowest BCUT2D eigenvalue weighted by Crippen LogP contribution is -2.33. The molecule has 3 aromatic rings. The molecule has 0 aromatic carbocycles. The van der Waals surface area contributed by atoms with Crippen LogP contribution < -0.4 is 0 Å². The van der Waals surface area contributed by atoms with Crippen molar-refractivity contribution in [2.75, 3.05) is 13.6 Å². The minimum absolute atomic E-state index is 0.0195. The fourth-order valence-electron chi connectivity index (χ4n) is 4.00. The lowest BCUT2D eigenvalue weighted by molar-refractivity contribution is 0.0774. The van der Waals surface area contributed by atoms with Crippen LogP contribution in [0.15, 0.2) is 33.9 Å². The van der Waals surface area contributed by atoms with Gasteiger partial charge in [-0.3, -0.25) is 14.4 Å². The van der Waals surface area contributed by atoms with Crippen LogP contribution in [0.3, 0.4) is 0 Å². The van der Waals surface area contributed by atoms with Crippen LogP contribution in [0.4, 0.5) is 0 Å². The third-order valence-electron chi connectivity index (χ3n) is 5.76. The maximum absolute atomic E-state index is 13.3. The van der Waals surface area contributed by atoms with Gasteiger partial charge in [0.25, 0.3) is 5.91 Å². The van der Waals surface area contributed by atoms with Gasteiger partial charge in [0.1, 0.15) is 0 Å². The summed E-state index contributed by atoms with van der Waals surface area (Å²) in [6.45, 7) is 3.98. The van der Waals surface area contributed by atoms with Gasteiger partial charge in [0.2, 0.25) is 0 Å². The van der Waals surface area contributed by atoms with Crippen LogP contribution in [0.25, 0.3) is 0 Å². The van der Waals surface area contributed by atoms with E-state index in [4.69, 9.17) is 9.52 Å². The molecule has 4 heterocycles. The molecule has 7 nitrogen and oxygen atoms in total. The Morgan fingerprint density at radius 2 is 2.31 bits per heavy atom. The molecule has 0 radical (unpaired) electrons. The minimum atomic E-state index is -0.0195. The van der Waals surface area contributed by atoms with Gasteiger partial charge in [-0.15, -0.1) is 11.3 Å². The average molecular weight is 412 g/mol. The predicted molar refractivity (Wildman–Crippen MR) is 109 cm³/mol. The van der Waals surface area contributed by atoms with Gasteiger partial charge in [0.05, 0.1) is 30.3 Å². The van der Waals surface area contributed by atoms with Gasteiger partial charge in [0, 0.05) is 61.8 Å². The highest BCUT2D eigenvalue weighted by Gasteiger charge is 2.32. The molecule has 0 spiro atoms. The maximum Gasteiger partial charge on any atom is 0.274 e. The number of aromatic nitrogens is 3. The van der Waals surface area contributed by atoms with E-state index in [0.717, 1.165) is 55.3 Å². The predicted octanol–water partition coefficient (Wildman–Crippen LogP) is 3.17. The number of hydrogen-bond acceptors (Lipinski definition) is 6. The average Bonchev–Trinajstić information content (AvgIpc) is 3.11. The molecule has 0 atom stereocenters. The van der Waals surface area contributed by atoms with E-state index in [1.807, 2.05) is 18.5 Å². The Morgan fingerprint density at radius 3 is 3.03 bits per heavy atom. The van der Waals surface area contributed by atoms with Crippen LogP contribution in [-0.2, 0) is 32.6 Å². The van der Waals surface area contributed by atoms with Gasteiger partial charge in [0.15, 0.2) is 5.69 Å². The second-order valence-corrected chi connectivity index (χ2v) is 8.85. The summed E-state index contributed by atoms with van der Waals surface area (Å²) in [6.07, 6.45) is 6.97. The number of hydrogen-bond donors (Lipinski definition) is 0. The fourth-order valence-corrected chi connectivity index (χ4v) is 4.55. The van der Waals surface area contributed by atoms with Crippen LogP contribution in [0.2, 0.25) is 0 Å². The zero-order valence-corrected chi connectivity index (χ0v) is 17.4. The first-order valence-electron chi connectivity index (χ1n) is 10.1. The highest BCUT2D eigenvalue weighted by Crippen LogP contribution is 2.33. The van der Waals surface area contributed by atoms with Crippen LogP contribution in [0, 0.1) is 5.92 Å². The van der Waals surface area contributed by atoms with Crippen LogP contribution >= 0.6 is 11.3 Å². The summed E-state index contributed by atoms with van der Waals surface area (Å²) in [5.41, 5.74) is 6.82. The van der Waals surface area contributed by atoms with Crippen molar-refractivity contribution in [1.29, 1.82) is 0 Å². The molecule has 3 aromatic heterocycles. The normalized spacial score (nSPS) is 16.7. The van der Waals surface area contributed by atoms with Crippen molar-refractivity contribution in [3.05, 3.63) is 57.7 Å². The van der Waals surface area contributed by atoms with E-state index < -0.39 is 0 Å². The molecule has 1 aliphatic heterocycles.